The van der Waals surface area contributed by atoms with Gasteiger partial charge >= 0.3 is 21.7 Å². The molecule has 0 spiro atoms. The van der Waals surface area contributed by atoms with Crippen LogP contribution in [0.3, 0.4) is 0 Å². The van der Waals surface area contributed by atoms with Crippen molar-refractivity contribution in [2.75, 3.05) is 0 Å². The van der Waals surface area contributed by atoms with Crippen molar-refractivity contribution in [3.8, 4) is 0 Å². The van der Waals surface area contributed by atoms with Gasteiger partial charge in [0, 0.05) is 8.80 Å². The predicted octanol–water partition coefficient (Wildman–Crippen LogP) is 12.3. The van der Waals surface area contributed by atoms with Gasteiger partial charge in [-0.1, -0.05) is 157 Å². The van der Waals surface area contributed by atoms with E-state index >= 15 is 0 Å². The van der Waals surface area contributed by atoms with Crippen LogP contribution in [0.1, 0.15) is 114 Å². The third-order valence-electron chi connectivity index (χ3n) is 3.22. The fourth-order valence-electron chi connectivity index (χ4n) is 2.39. The van der Waals surface area contributed by atoms with Gasteiger partial charge in [0.1, 0.15) is 0 Å². The number of benzene rings is 1. The normalized spacial score (nSPS) is 13.8. The fourth-order valence-corrected chi connectivity index (χ4v) is 4.56. The second-order valence-electron chi connectivity index (χ2n) is 14.3. The monoisotopic (exact) mass is 592 g/mol. The van der Waals surface area contributed by atoms with Crippen molar-refractivity contribution in [2.45, 2.75) is 138 Å². The van der Waals surface area contributed by atoms with Crippen LogP contribution in [0.5, 0.6) is 0 Å². The van der Waals surface area contributed by atoms with Crippen molar-refractivity contribution in [2.24, 2.45) is 0 Å². The number of allylic oxidation sites excluding steroid dienone is 3. The summed E-state index contributed by atoms with van der Waals surface area (Å²) < 4.78 is 0. The first kappa shape index (κ1) is 48.0. The molecule has 1 aromatic carbocycles. The average molecular weight is 593 g/mol. The largest absolute Gasteiger partial charge is 4.00 e. The molecular formula is C33H64N4SiTi. The Labute approximate surface area is 262 Å². The molecule has 0 amide bonds. The summed E-state index contributed by atoms with van der Waals surface area (Å²) in [6.45, 7) is 38.3. The molecule has 1 aliphatic rings. The van der Waals surface area contributed by atoms with Crippen LogP contribution in [0.15, 0.2) is 54.6 Å². The van der Waals surface area contributed by atoms with Gasteiger partial charge in [0.15, 0.2) is 0 Å². The van der Waals surface area contributed by atoms with Crippen LogP contribution >= 0.6 is 0 Å². The van der Waals surface area contributed by atoms with Gasteiger partial charge < -0.3 is 22.9 Å². The van der Waals surface area contributed by atoms with Crippen LogP contribution in [-0.4, -0.2) is 31.0 Å². The molecule has 1 aliphatic carbocycles. The van der Waals surface area contributed by atoms with E-state index in [1.165, 1.54) is 5.56 Å². The van der Waals surface area contributed by atoms with Gasteiger partial charge in [0.25, 0.3) is 0 Å². The zero-order chi connectivity index (χ0) is 31.7. The molecule has 6 heteroatoms. The second kappa shape index (κ2) is 21.9. The number of hydrogen-bond acceptors (Lipinski definition) is 0. The van der Waals surface area contributed by atoms with Crippen LogP contribution in [-0.2, 0) is 21.7 Å². The fraction of sp³-hybridized carbons (Fsp3) is 0.636. The summed E-state index contributed by atoms with van der Waals surface area (Å²) in [6.07, 6.45) is 4.08. The van der Waals surface area contributed by atoms with Gasteiger partial charge in [-0.25, -0.2) is 0 Å². The van der Waals surface area contributed by atoms with Crippen LogP contribution in [0.2, 0.25) is 13.1 Å². The van der Waals surface area contributed by atoms with E-state index in [9.17, 15) is 0 Å². The van der Waals surface area contributed by atoms with Crippen LogP contribution in [0.25, 0.3) is 29.0 Å². The smallest absolute Gasteiger partial charge is 0.673 e. The van der Waals surface area contributed by atoms with Crippen molar-refractivity contribution in [3.63, 3.8) is 0 Å². The summed E-state index contributed by atoms with van der Waals surface area (Å²) in [7, 11) is -0.586. The molecule has 2 rings (SSSR count). The summed E-state index contributed by atoms with van der Waals surface area (Å²) in [5.74, 6) is 0. The quantitative estimate of drug-likeness (QED) is 0.241. The molecule has 1 atom stereocenters. The Hall–Kier alpha value is -0.789. The van der Waals surface area contributed by atoms with E-state index in [2.05, 4.69) is 63.5 Å². The maximum atomic E-state index is 6.94. The minimum Gasteiger partial charge on any atom is -0.673 e. The number of fused-ring (bicyclic) bond motifs is 1. The van der Waals surface area contributed by atoms with Crippen LogP contribution in [0, 0.1) is 0 Å². The molecule has 0 saturated heterocycles. The molecule has 0 aliphatic heterocycles. The Balaban J connectivity index is -0.000000128. The van der Waals surface area contributed by atoms with Crippen molar-refractivity contribution in [3.05, 3.63) is 88.7 Å². The maximum absolute atomic E-state index is 6.94. The second-order valence-corrected chi connectivity index (χ2v) is 17.4. The van der Waals surface area contributed by atoms with Gasteiger partial charge in [-0.15, -0.1) is 22.2 Å². The average Bonchev–Trinajstić information content (AvgIpc) is 2.92. The first-order valence-electron chi connectivity index (χ1n) is 13.5. The van der Waals surface area contributed by atoms with Gasteiger partial charge in [0.2, 0.25) is 0 Å². The van der Waals surface area contributed by atoms with E-state index in [0.717, 1.165) is 11.1 Å². The molecular weight excluding hydrogens is 528 g/mol. The Kier molecular flexibility index (Phi) is 26.9. The van der Waals surface area contributed by atoms with E-state index in [4.69, 9.17) is 22.9 Å². The molecule has 39 heavy (non-hydrogen) atoms. The van der Waals surface area contributed by atoms with Gasteiger partial charge in [-0.05, 0) is 30.5 Å². The minimum atomic E-state index is -0.586. The molecule has 0 aromatic heterocycles. The van der Waals surface area contributed by atoms with E-state index in [-0.39, 0.29) is 43.9 Å². The van der Waals surface area contributed by atoms with Gasteiger partial charge in [0.05, 0.1) is 0 Å². The first-order valence-corrected chi connectivity index (χ1v) is 16.5. The van der Waals surface area contributed by atoms with Crippen molar-refractivity contribution >= 4 is 14.9 Å². The summed E-state index contributed by atoms with van der Waals surface area (Å²) >= 11 is 0. The van der Waals surface area contributed by atoms with Crippen molar-refractivity contribution in [1.29, 1.82) is 0 Å². The molecule has 0 saturated carbocycles. The Bertz CT molecular complexity index is 731. The van der Waals surface area contributed by atoms with E-state index < -0.39 is 8.80 Å². The first-order chi connectivity index (χ1) is 16.5. The van der Waals surface area contributed by atoms with Crippen molar-refractivity contribution < 1.29 is 21.7 Å². The summed E-state index contributed by atoms with van der Waals surface area (Å²) in [6, 6.07) is 8.82. The zero-order valence-corrected chi connectivity index (χ0v) is 31.2. The van der Waals surface area contributed by atoms with E-state index in [0.29, 0.717) is 0 Å². The predicted molar refractivity (Wildman–Crippen MR) is 183 cm³/mol. The third kappa shape index (κ3) is 58.0. The van der Waals surface area contributed by atoms with Crippen LogP contribution in [0.4, 0.5) is 0 Å². The Morgan fingerprint density at radius 1 is 0.744 bits per heavy atom. The van der Waals surface area contributed by atoms with Crippen LogP contribution < -0.4 is 0 Å². The van der Waals surface area contributed by atoms with Crippen molar-refractivity contribution in [1.82, 2.24) is 0 Å². The Morgan fingerprint density at radius 2 is 1.00 bits per heavy atom. The standard InChI is InChI=1S/C12H16Si.C5H8.4C4H10N.Ti/c1-9-8-10-6-4-5-7-11(10)12(9)13(2)3;1-4-5(2)3;4*1-4(2,3)5;/h4-8,12-13H,1-3H3;4H,1-2H2,3H3;4*5H,1-3H3;/q;;4*-1;+4. The van der Waals surface area contributed by atoms with Gasteiger partial charge in [-0.2, -0.15) is 0 Å². The van der Waals surface area contributed by atoms with E-state index in [1.807, 2.05) is 90.0 Å². The molecule has 0 fully saturated rings. The minimum absolute atomic E-state index is 0. The zero-order valence-electron chi connectivity index (χ0n) is 28.5. The molecule has 0 bridgehead atoms. The Morgan fingerprint density at radius 3 is 1.23 bits per heavy atom. The number of rotatable bonds is 2. The summed E-state index contributed by atoms with van der Waals surface area (Å²) in [4.78, 5) is 0. The molecule has 0 heterocycles. The molecule has 4 nitrogen and oxygen atoms in total. The summed E-state index contributed by atoms with van der Waals surface area (Å²) in [5, 5.41) is 0. The molecule has 1 unspecified atom stereocenters. The molecule has 1 aromatic rings. The number of nitrogens with one attached hydrogen (secondary N) is 4. The molecule has 224 valence electrons. The SMILES string of the molecule is C=CC(=C)C.CC(C)(C)[NH-].CC(C)(C)[NH-].CC(C)(C)[NH-].CC(C)(C)[NH-].CC1=Cc2ccccc2C1[SiH](C)C.[Ti+4]. The maximum Gasteiger partial charge on any atom is 4.00 e. The summed E-state index contributed by atoms with van der Waals surface area (Å²) in [5.41, 5.74) is 33.1. The molecule has 4 N–H and O–H groups in total. The number of hydrogen-bond donors (Lipinski definition) is 0. The van der Waals surface area contributed by atoms with Gasteiger partial charge in [-0.3, -0.25) is 0 Å². The topological polar surface area (TPSA) is 95.2 Å². The third-order valence-corrected chi connectivity index (χ3v) is 5.44. The van der Waals surface area contributed by atoms with E-state index in [1.54, 1.807) is 17.2 Å². The molecule has 0 radical (unpaired) electrons.